The average molecular weight is 239 g/mol. The van der Waals surface area contributed by atoms with Crippen molar-refractivity contribution >= 4 is 0 Å². The summed E-state index contributed by atoms with van der Waals surface area (Å²) in [7, 11) is 4.11. The van der Waals surface area contributed by atoms with E-state index >= 15 is 0 Å². The van der Waals surface area contributed by atoms with Crippen LogP contribution in [0.3, 0.4) is 0 Å². The van der Waals surface area contributed by atoms with Crippen LogP contribution >= 0.6 is 0 Å². The lowest BCUT2D eigenvalue weighted by Gasteiger charge is -2.25. The number of aryl methyl sites for hydroxylation is 1. The molecule has 0 bridgehead atoms. The second-order valence-electron chi connectivity index (χ2n) is 5.17. The highest BCUT2D eigenvalue weighted by atomic mass is 16.5. The lowest BCUT2D eigenvalue weighted by molar-refractivity contribution is 0.160. The van der Waals surface area contributed by atoms with Gasteiger partial charge in [-0.05, 0) is 27.4 Å². The molecule has 5 heteroatoms. The molecule has 5 nitrogen and oxygen atoms in total. The summed E-state index contributed by atoms with van der Waals surface area (Å²) < 4.78 is 5.23. The van der Waals surface area contributed by atoms with Crippen LogP contribution in [0.2, 0.25) is 0 Å². The number of hydrogen-bond donors (Lipinski definition) is 1. The zero-order valence-electron chi connectivity index (χ0n) is 10.8. The van der Waals surface area contributed by atoms with Crippen molar-refractivity contribution in [1.82, 2.24) is 15.0 Å². The monoisotopic (exact) mass is 239 g/mol. The molecule has 1 aromatic heterocycles. The van der Waals surface area contributed by atoms with Gasteiger partial charge in [-0.2, -0.15) is 0 Å². The Hall–Kier alpha value is -0.910. The number of likely N-dealkylation sites (tertiary alicyclic amines) is 1. The summed E-state index contributed by atoms with van der Waals surface area (Å²) in [6, 6.07) is 2.35. The molecule has 0 saturated carbocycles. The van der Waals surface area contributed by atoms with Crippen molar-refractivity contribution in [2.45, 2.75) is 32.0 Å². The number of aliphatic hydroxyl groups excluding tert-OH is 1. The Labute approximate surface area is 102 Å². The average Bonchev–Trinajstić information content (AvgIpc) is 2.74. The first kappa shape index (κ1) is 12.5. The summed E-state index contributed by atoms with van der Waals surface area (Å²) in [6.07, 6.45) is 0.620. The predicted octanol–water partition coefficient (Wildman–Crippen LogP) is 0.480. The number of hydrogen-bond acceptors (Lipinski definition) is 5. The maximum absolute atomic E-state index is 9.76. The molecule has 1 aliphatic rings. The third-order valence-corrected chi connectivity index (χ3v) is 3.12. The van der Waals surface area contributed by atoms with Crippen molar-refractivity contribution < 1.29 is 9.63 Å². The third-order valence-electron chi connectivity index (χ3n) is 3.12. The van der Waals surface area contributed by atoms with Crippen LogP contribution in [0.15, 0.2) is 10.6 Å². The highest BCUT2D eigenvalue weighted by Gasteiger charge is 2.31. The molecule has 96 valence electrons. The lowest BCUT2D eigenvalue weighted by atomic mass is 10.2. The molecule has 2 heterocycles. The zero-order valence-corrected chi connectivity index (χ0v) is 10.8. The summed E-state index contributed by atoms with van der Waals surface area (Å²) >= 11 is 0. The van der Waals surface area contributed by atoms with Gasteiger partial charge in [-0.3, -0.25) is 4.90 Å². The van der Waals surface area contributed by atoms with Crippen LogP contribution in [-0.4, -0.2) is 59.4 Å². The van der Waals surface area contributed by atoms with Gasteiger partial charge in [0.1, 0.15) is 0 Å². The van der Waals surface area contributed by atoms with E-state index in [2.05, 4.69) is 29.1 Å². The minimum absolute atomic E-state index is 0.219. The standard InChI is InChI=1S/C12H21N3O2/c1-9-4-12(17-13-9)8-15-7-11(16)5-10(15)6-14(2)3/h4,10-11,16H,5-8H2,1-3H3. The second kappa shape index (κ2) is 5.16. The molecule has 0 radical (unpaired) electrons. The Morgan fingerprint density at radius 1 is 1.59 bits per heavy atom. The van der Waals surface area contributed by atoms with E-state index in [1.807, 2.05) is 13.0 Å². The van der Waals surface area contributed by atoms with Crippen molar-refractivity contribution in [3.63, 3.8) is 0 Å². The number of aromatic nitrogens is 1. The third kappa shape index (κ3) is 3.28. The molecule has 1 fully saturated rings. The van der Waals surface area contributed by atoms with E-state index < -0.39 is 0 Å². The summed E-state index contributed by atoms with van der Waals surface area (Å²) in [5.74, 6) is 0.875. The quantitative estimate of drug-likeness (QED) is 0.828. The normalized spacial score (nSPS) is 25.9. The Bertz CT molecular complexity index is 364. The van der Waals surface area contributed by atoms with Crippen LogP contribution in [0.1, 0.15) is 17.9 Å². The number of β-amino-alcohol motifs (C(OH)–C–C–N with tert-alkyl or cyclic N) is 1. The Balaban J connectivity index is 1.98. The van der Waals surface area contributed by atoms with E-state index in [1.54, 1.807) is 0 Å². The van der Waals surface area contributed by atoms with Gasteiger partial charge >= 0.3 is 0 Å². The second-order valence-corrected chi connectivity index (χ2v) is 5.17. The number of aliphatic hydroxyl groups is 1. The van der Waals surface area contributed by atoms with Gasteiger partial charge in [-0.1, -0.05) is 5.16 Å². The first-order chi connectivity index (χ1) is 8.04. The fourth-order valence-electron chi connectivity index (χ4n) is 2.45. The summed E-state index contributed by atoms with van der Waals surface area (Å²) in [5.41, 5.74) is 0.906. The highest BCUT2D eigenvalue weighted by molar-refractivity contribution is 5.04. The van der Waals surface area contributed by atoms with Crippen LogP contribution in [0.25, 0.3) is 0 Å². The van der Waals surface area contributed by atoms with Crippen LogP contribution in [-0.2, 0) is 6.54 Å². The first-order valence-electron chi connectivity index (χ1n) is 6.03. The van der Waals surface area contributed by atoms with Gasteiger partial charge in [0.25, 0.3) is 0 Å². The van der Waals surface area contributed by atoms with Crippen LogP contribution in [0.4, 0.5) is 0 Å². The van der Waals surface area contributed by atoms with Gasteiger partial charge in [-0.15, -0.1) is 0 Å². The van der Waals surface area contributed by atoms with Crippen molar-refractivity contribution in [1.29, 1.82) is 0 Å². The van der Waals surface area contributed by atoms with Gasteiger partial charge in [0.2, 0.25) is 0 Å². The maximum atomic E-state index is 9.76. The molecule has 0 aliphatic carbocycles. The molecule has 1 aromatic rings. The fraction of sp³-hybridized carbons (Fsp3) is 0.750. The van der Waals surface area contributed by atoms with Crippen molar-refractivity contribution in [3.8, 4) is 0 Å². The Kier molecular flexibility index (Phi) is 3.81. The maximum Gasteiger partial charge on any atom is 0.150 e. The Morgan fingerprint density at radius 3 is 2.94 bits per heavy atom. The SMILES string of the molecule is Cc1cc(CN2CC(O)CC2CN(C)C)on1. The number of nitrogens with zero attached hydrogens (tertiary/aromatic N) is 3. The van der Waals surface area contributed by atoms with Crippen LogP contribution in [0.5, 0.6) is 0 Å². The molecule has 0 aromatic carbocycles. The largest absolute Gasteiger partial charge is 0.392 e. The molecule has 1 saturated heterocycles. The molecular weight excluding hydrogens is 218 g/mol. The van der Waals surface area contributed by atoms with E-state index in [-0.39, 0.29) is 6.10 Å². The molecular formula is C12H21N3O2. The molecule has 17 heavy (non-hydrogen) atoms. The minimum atomic E-state index is -0.219. The summed E-state index contributed by atoms with van der Waals surface area (Å²) in [6.45, 7) is 4.34. The van der Waals surface area contributed by atoms with E-state index in [0.717, 1.165) is 37.5 Å². The van der Waals surface area contributed by atoms with Gasteiger partial charge < -0.3 is 14.5 Å². The van der Waals surface area contributed by atoms with Gasteiger partial charge in [0.15, 0.2) is 5.76 Å². The van der Waals surface area contributed by atoms with E-state index in [1.165, 1.54) is 0 Å². The van der Waals surface area contributed by atoms with E-state index in [0.29, 0.717) is 6.04 Å². The first-order valence-corrected chi connectivity index (χ1v) is 6.03. The molecule has 0 amide bonds. The Morgan fingerprint density at radius 2 is 2.35 bits per heavy atom. The summed E-state index contributed by atoms with van der Waals surface area (Å²) in [4.78, 5) is 4.42. The van der Waals surface area contributed by atoms with Gasteiger partial charge in [0.05, 0.1) is 18.3 Å². The lowest BCUT2D eigenvalue weighted by Crippen LogP contribution is -2.37. The molecule has 2 atom stereocenters. The molecule has 2 rings (SSSR count). The predicted molar refractivity (Wildman–Crippen MR) is 64.6 cm³/mol. The number of rotatable bonds is 4. The van der Waals surface area contributed by atoms with Crippen molar-refractivity contribution in [2.24, 2.45) is 0 Å². The molecule has 1 aliphatic heterocycles. The molecule has 0 spiro atoms. The number of likely N-dealkylation sites (N-methyl/N-ethyl adjacent to an activating group) is 1. The van der Waals surface area contributed by atoms with Crippen molar-refractivity contribution in [2.75, 3.05) is 27.2 Å². The van der Waals surface area contributed by atoms with Gasteiger partial charge in [0, 0.05) is 25.2 Å². The van der Waals surface area contributed by atoms with Gasteiger partial charge in [-0.25, -0.2) is 0 Å². The minimum Gasteiger partial charge on any atom is -0.392 e. The van der Waals surface area contributed by atoms with E-state index in [9.17, 15) is 5.11 Å². The van der Waals surface area contributed by atoms with Crippen LogP contribution < -0.4 is 0 Å². The molecule has 2 unspecified atom stereocenters. The fourth-order valence-corrected chi connectivity index (χ4v) is 2.45. The smallest absolute Gasteiger partial charge is 0.150 e. The molecule has 1 N–H and O–H groups in total. The van der Waals surface area contributed by atoms with Crippen LogP contribution in [0, 0.1) is 6.92 Å². The topological polar surface area (TPSA) is 52.7 Å². The zero-order chi connectivity index (χ0) is 12.4. The van der Waals surface area contributed by atoms with E-state index in [4.69, 9.17) is 4.52 Å². The summed E-state index contributed by atoms with van der Waals surface area (Å²) in [5, 5.41) is 13.6. The highest BCUT2D eigenvalue weighted by Crippen LogP contribution is 2.21. The van der Waals surface area contributed by atoms with Crippen molar-refractivity contribution in [3.05, 3.63) is 17.5 Å².